The smallest absolute Gasteiger partial charge is 0.383 e. The molecule has 0 heterocycles. The summed E-state index contributed by atoms with van der Waals surface area (Å²) in [6, 6.07) is 8.74. The molecule has 0 aromatic heterocycles. The van der Waals surface area contributed by atoms with Crippen LogP contribution in [0.4, 0.5) is 13.2 Å². The number of alkyl halides is 3. The molecule has 0 aliphatic heterocycles. The number of hydrogen-bond acceptors (Lipinski definition) is 4. The second kappa shape index (κ2) is 9.59. The summed E-state index contributed by atoms with van der Waals surface area (Å²) in [4.78, 5) is 14.1. The molecule has 30 heavy (non-hydrogen) atoms. The van der Waals surface area contributed by atoms with Gasteiger partial charge in [0, 0.05) is 32.8 Å². The second-order valence-electron chi connectivity index (χ2n) is 6.72. The van der Waals surface area contributed by atoms with Crippen molar-refractivity contribution in [3.63, 3.8) is 0 Å². The minimum absolute atomic E-state index is 0.0597. The number of carbonyl (C=O) groups is 1. The molecule has 10 heteroatoms. The fourth-order valence-electron chi connectivity index (χ4n) is 2.71. The lowest BCUT2D eigenvalue weighted by Gasteiger charge is -2.19. The van der Waals surface area contributed by atoms with E-state index in [9.17, 15) is 26.4 Å². The predicted molar refractivity (Wildman–Crippen MR) is 105 cm³/mol. The lowest BCUT2D eigenvalue weighted by molar-refractivity contribution is -0.137. The van der Waals surface area contributed by atoms with Crippen LogP contribution in [0.2, 0.25) is 0 Å². The van der Waals surface area contributed by atoms with Gasteiger partial charge in [0.05, 0.1) is 17.1 Å². The van der Waals surface area contributed by atoms with E-state index in [1.807, 2.05) is 0 Å². The highest BCUT2D eigenvalue weighted by Crippen LogP contribution is 2.29. The van der Waals surface area contributed by atoms with Crippen LogP contribution in [-0.4, -0.2) is 46.5 Å². The number of nitrogens with one attached hydrogen (secondary N) is 1. The van der Waals surface area contributed by atoms with E-state index in [0.29, 0.717) is 11.1 Å². The van der Waals surface area contributed by atoms with Crippen molar-refractivity contribution in [2.75, 3.05) is 27.3 Å². The van der Waals surface area contributed by atoms with Crippen LogP contribution in [0, 0.1) is 6.92 Å². The molecule has 1 N–H and O–H groups in total. The molecular weight excluding hydrogens is 421 g/mol. The molecule has 0 spiro atoms. The lowest BCUT2D eigenvalue weighted by Crippen LogP contribution is -2.29. The zero-order chi connectivity index (χ0) is 22.5. The highest BCUT2D eigenvalue weighted by Gasteiger charge is 2.30. The van der Waals surface area contributed by atoms with Gasteiger partial charge in [-0.3, -0.25) is 4.79 Å². The molecular formula is C20H23F3N2O4S. The lowest BCUT2D eigenvalue weighted by atomic mass is 10.1. The van der Waals surface area contributed by atoms with Gasteiger partial charge in [-0.15, -0.1) is 0 Å². The van der Waals surface area contributed by atoms with Crippen LogP contribution in [0.15, 0.2) is 47.4 Å². The SMILES string of the molecule is COCCNS(=O)(=O)c1ccc(C)c(C(=O)N(C)Cc2ccc(C(F)(F)F)cc2)c1. The molecule has 0 aliphatic rings. The molecule has 0 unspecified atom stereocenters. The predicted octanol–water partition coefficient (Wildman–Crippen LogP) is 3.21. The molecule has 1 amide bonds. The van der Waals surface area contributed by atoms with Gasteiger partial charge in [-0.2, -0.15) is 13.2 Å². The maximum absolute atomic E-state index is 12.8. The molecule has 6 nitrogen and oxygen atoms in total. The van der Waals surface area contributed by atoms with Crippen LogP contribution in [-0.2, 0) is 27.5 Å². The first-order valence-corrected chi connectivity index (χ1v) is 10.4. The first kappa shape index (κ1) is 23.8. The number of benzene rings is 2. The van der Waals surface area contributed by atoms with Crippen molar-refractivity contribution in [2.24, 2.45) is 0 Å². The molecule has 2 aromatic rings. The van der Waals surface area contributed by atoms with Crippen molar-refractivity contribution in [1.29, 1.82) is 0 Å². The van der Waals surface area contributed by atoms with E-state index < -0.39 is 27.7 Å². The van der Waals surface area contributed by atoms with Crippen LogP contribution in [0.5, 0.6) is 0 Å². The van der Waals surface area contributed by atoms with Gasteiger partial charge in [0.25, 0.3) is 5.91 Å². The standard InChI is InChI=1S/C20H23F3N2O4S/c1-14-4-9-17(30(27,28)24-10-11-29-3)12-18(14)19(26)25(2)13-15-5-7-16(8-6-15)20(21,22)23/h4-9,12,24H,10-11,13H2,1-3H3. The summed E-state index contributed by atoms with van der Waals surface area (Å²) in [6.07, 6.45) is -4.43. The Morgan fingerprint density at radius 3 is 2.33 bits per heavy atom. The zero-order valence-electron chi connectivity index (χ0n) is 16.8. The Labute approximate surface area is 173 Å². The summed E-state index contributed by atoms with van der Waals surface area (Å²) in [5, 5.41) is 0. The first-order valence-electron chi connectivity index (χ1n) is 8.96. The average Bonchev–Trinajstić information content (AvgIpc) is 2.67. The van der Waals surface area contributed by atoms with Gasteiger partial charge in [0.1, 0.15) is 0 Å². The number of halogens is 3. The summed E-state index contributed by atoms with van der Waals surface area (Å²) < 4.78 is 70.0. The van der Waals surface area contributed by atoms with Gasteiger partial charge >= 0.3 is 6.18 Å². The van der Waals surface area contributed by atoms with Crippen LogP contribution < -0.4 is 4.72 Å². The number of hydrogen-bond donors (Lipinski definition) is 1. The number of rotatable bonds is 8. The maximum atomic E-state index is 12.8. The van der Waals surface area contributed by atoms with Crippen LogP contribution in [0.3, 0.4) is 0 Å². The monoisotopic (exact) mass is 444 g/mol. The highest BCUT2D eigenvalue weighted by atomic mass is 32.2. The summed E-state index contributed by atoms with van der Waals surface area (Å²) >= 11 is 0. The van der Waals surface area contributed by atoms with Crippen molar-refractivity contribution in [3.05, 3.63) is 64.7 Å². The topological polar surface area (TPSA) is 75.7 Å². The third-order valence-electron chi connectivity index (χ3n) is 4.40. The number of sulfonamides is 1. The molecule has 0 atom stereocenters. The molecule has 2 aromatic carbocycles. The Bertz CT molecular complexity index is 990. The van der Waals surface area contributed by atoms with Crippen LogP contribution >= 0.6 is 0 Å². The van der Waals surface area contributed by atoms with Crippen molar-refractivity contribution < 1.29 is 31.1 Å². The van der Waals surface area contributed by atoms with Gasteiger partial charge in [-0.25, -0.2) is 13.1 Å². The van der Waals surface area contributed by atoms with Gasteiger partial charge in [0.15, 0.2) is 0 Å². The number of carbonyl (C=O) groups excluding carboxylic acids is 1. The molecule has 0 saturated heterocycles. The fourth-order valence-corrected chi connectivity index (χ4v) is 3.75. The van der Waals surface area contributed by atoms with Crippen LogP contribution in [0.1, 0.15) is 27.0 Å². The van der Waals surface area contributed by atoms with E-state index in [2.05, 4.69) is 4.72 Å². The first-order chi connectivity index (χ1) is 14.0. The Morgan fingerprint density at radius 1 is 1.13 bits per heavy atom. The number of amides is 1. The summed E-state index contributed by atoms with van der Waals surface area (Å²) in [6.45, 7) is 2.03. The van der Waals surface area contributed by atoms with Gasteiger partial charge < -0.3 is 9.64 Å². The maximum Gasteiger partial charge on any atom is 0.416 e. The molecule has 164 valence electrons. The molecule has 0 fully saturated rings. The third-order valence-corrected chi connectivity index (χ3v) is 5.85. The normalized spacial score (nSPS) is 12.1. The molecule has 0 radical (unpaired) electrons. The largest absolute Gasteiger partial charge is 0.416 e. The Morgan fingerprint density at radius 2 is 1.77 bits per heavy atom. The minimum Gasteiger partial charge on any atom is -0.383 e. The number of nitrogens with zero attached hydrogens (tertiary/aromatic N) is 1. The number of aryl methyl sites for hydroxylation is 1. The average molecular weight is 444 g/mol. The van der Waals surface area contributed by atoms with E-state index in [4.69, 9.17) is 4.74 Å². The number of methoxy groups -OCH3 is 1. The fraction of sp³-hybridized carbons (Fsp3) is 0.350. The van der Waals surface area contributed by atoms with Crippen molar-refractivity contribution >= 4 is 15.9 Å². The Hall–Kier alpha value is -2.43. The van der Waals surface area contributed by atoms with Crippen molar-refractivity contribution in [2.45, 2.75) is 24.5 Å². The van der Waals surface area contributed by atoms with Gasteiger partial charge in [0.2, 0.25) is 10.0 Å². The van der Waals surface area contributed by atoms with E-state index in [1.54, 1.807) is 6.92 Å². The van der Waals surface area contributed by atoms with Crippen molar-refractivity contribution in [3.8, 4) is 0 Å². The molecule has 0 aliphatic carbocycles. The summed E-state index contributed by atoms with van der Waals surface area (Å²) in [5.74, 6) is -0.443. The molecule has 0 bridgehead atoms. The molecule has 2 rings (SSSR count). The third kappa shape index (κ3) is 6.04. The van der Waals surface area contributed by atoms with E-state index in [1.165, 1.54) is 49.4 Å². The van der Waals surface area contributed by atoms with Crippen LogP contribution in [0.25, 0.3) is 0 Å². The Kier molecular flexibility index (Phi) is 7.62. The van der Waals surface area contributed by atoms with E-state index in [-0.39, 0.29) is 30.2 Å². The Balaban J connectivity index is 2.19. The number of ether oxygens (including phenoxy) is 1. The highest BCUT2D eigenvalue weighted by molar-refractivity contribution is 7.89. The van der Waals surface area contributed by atoms with Gasteiger partial charge in [-0.05, 0) is 42.3 Å². The van der Waals surface area contributed by atoms with E-state index in [0.717, 1.165) is 12.1 Å². The molecule has 0 saturated carbocycles. The summed E-state index contributed by atoms with van der Waals surface area (Å²) in [5.41, 5.74) is 0.519. The van der Waals surface area contributed by atoms with Gasteiger partial charge in [-0.1, -0.05) is 18.2 Å². The second-order valence-corrected chi connectivity index (χ2v) is 8.49. The van der Waals surface area contributed by atoms with E-state index >= 15 is 0 Å². The minimum atomic E-state index is -4.43. The summed E-state index contributed by atoms with van der Waals surface area (Å²) in [7, 11) is -0.871. The quantitative estimate of drug-likeness (QED) is 0.635. The zero-order valence-corrected chi connectivity index (χ0v) is 17.6. The van der Waals surface area contributed by atoms with Crippen molar-refractivity contribution in [1.82, 2.24) is 9.62 Å².